The Hall–Kier alpha value is -1.88. The molecule has 0 radical (unpaired) electrons. The van der Waals surface area contributed by atoms with Crippen molar-refractivity contribution in [2.75, 3.05) is 29.9 Å². The summed E-state index contributed by atoms with van der Waals surface area (Å²) in [6.07, 6.45) is 9.50. The van der Waals surface area contributed by atoms with Crippen LogP contribution in [0.4, 0.5) is 11.4 Å². The molecule has 4 rings (SSSR count). The van der Waals surface area contributed by atoms with Gasteiger partial charge in [-0.2, -0.15) is 0 Å². The molecule has 3 fully saturated rings. The van der Waals surface area contributed by atoms with Crippen LogP contribution in [0.25, 0.3) is 0 Å². The topological polar surface area (TPSA) is 53.9 Å². The molecule has 2 N–H and O–H groups in total. The molecule has 0 bridgehead atoms. The van der Waals surface area contributed by atoms with Gasteiger partial charge in [0.05, 0.1) is 12.6 Å². The predicted molar refractivity (Wildman–Crippen MR) is 102 cm³/mol. The van der Waals surface area contributed by atoms with Gasteiger partial charge in [-0.1, -0.05) is 6.42 Å². The fourth-order valence-electron chi connectivity index (χ4n) is 5.14. The van der Waals surface area contributed by atoms with Crippen LogP contribution in [0.1, 0.15) is 51.4 Å². The number of benzene rings is 1. The summed E-state index contributed by atoms with van der Waals surface area (Å²) in [4.78, 5) is 27.7. The minimum atomic E-state index is 0.108. The number of hydrogen-bond donors (Lipinski definition) is 2. The van der Waals surface area contributed by atoms with Crippen molar-refractivity contribution in [3.8, 4) is 0 Å². The van der Waals surface area contributed by atoms with Gasteiger partial charge < -0.3 is 15.1 Å². The molecule has 3 atom stereocenters. The molecule has 1 aliphatic carbocycles. The summed E-state index contributed by atoms with van der Waals surface area (Å²) in [6, 6.07) is 8.38. The Morgan fingerprint density at radius 1 is 1.08 bits per heavy atom. The highest BCUT2D eigenvalue weighted by atomic mass is 16.2. The molecule has 5 heteroatoms. The van der Waals surface area contributed by atoms with Crippen molar-refractivity contribution in [2.45, 2.75) is 57.4 Å². The molecule has 2 saturated heterocycles. The smallest absolute Gasteiger partial charge is 0.279 e. The second-order valence-corrected chi connectivity index (χ2v) is 8.12. The largest absolute Gasteiger partial charge is 0.324 e. The Labute approximate surface area is 155 Å². The normalized spacial score (nSPS) is 28.7. The molecular weight excluding hydrogens is 326 g/mol. The molecule has 140 valence electrons. The number of anilines is 2. The molecule has 2 amide bonds. The van der Waals surface area contributed by atoms with Crippen molar-refractivity contribution in [3.05, 3.63) is 24.3 Å². The molecule has 1 aromatic carbocycles. The molecule has 0 spiro atoms. The summed E-state index contributed by atoms with van der Waals surface area (Å²) < 4.78 is 0. The number of nitrogens with zero attached hydrogens (tertiary/aromatic N) is 1. The van der Waals surface area contributed by atoms with Crippen LogP contribution >= 0.6 is 0 Å². The van der Waals surface area contributed by atoms with Crippen LogP contribution in [0.15, 0.2) is 24.3 Å². The number of quaternary nitrogens is 1. The molecule has 2 aliphatic heterocycles. The highest BCUT2D eigenvalue weighted by molar-refractivity contribution is 5.96. The Morgan fingerprint density at radius 2 is 1.85 bits per heavy atom. The van der Waals surface area contributed by atoms with E-state index >= 15 is 0 Å². The quantitative estimate of drug-likeness (QED) is 0.867. The standard InChI is InChI=1S/C21H29N3O2/c25-20(15-23-13-3-6-16-5-1-2-7-19(16)23)22-17-9-11-18(12-10-17)24-14-4-8-21(24)26/h9-12,16,19H,1-8,13-15H2,(H,22,25)/p+1/t16-,19-/m0/s1. The first-order valence-corrected chi connectivity index (χ1v) is 10.3. The maximum atomic E-state index is 12.6. The van der Waals surface area contributed by atoms with Crippen LogP contribution in [-0.4, -0.2) is 37.5 Å². The van der Waals surface area contributed by atoms with Gasteiger partial charge in [0.2, 0.25) is 5.91 Å². The van der Waals surface area contributed by atoms with Crippen molar-refractivity contribution >= 4 is 23.2 Å². The lowest BCUT2D eigenvalue weighted by Gasteiger charge is -2.40. The van der Waals surface area contributed by atoms with Gasteiger partial charge >= 0.3 is 0 Å². The number of likely N-dealkylation sites (tertiary alicyclic amines) is 1. The number of carbonyl (C=O) groups is 2. The Morgan fingerprint density at radius 3 is 2.62 bits per heavy atom. The number of amides is 2. The lowest BCUT2D eigenvalue weighted by Crippen LogP contribution is -3.18. The van der Waals surface area contributed by atoms with Crippen LogP contribution in [0, 0.1) is 5.92 Å². The highest BCUT2D eigenvalue weighted by Crippen LogP contribution is 2.28. The fraction of sp³-hybridized carbons (Fsp3) is 0.619. The van der Waals surface area contributed by atoms with Gasteiger partial charge in [0.1, 0.15) is 0 Å². The molecule has 1 aromatic rings. The fourth-order valence-corrected chi connectivity index (χ4v) is 5.14. The van der Waals surface area contributed by atoms with E-state index in [1.807, 2.05) is 29.2 Å². The van der Waals surface area contributed by atoms with Crippen molar-refractivity contribution in [2.24, 2.45) is 5.92 Å². The van der Waals surface area contributed by atoms with Crippen molar-refractivity contribution < 1.29 is 14.5 Å². The Kier molecular flexibility index (Phi) is 5.25. The number of rotatable bonds is 4. The van der Waals surface area contributed by atoms with E-state index in [0.29, 0.717) is 19.0 Å². The number of hydrogen-bond acceptors (Lipinski definition) is 2. The summed E-state index contributed by atoms with van der Waals surface area (Å²) in [5, 5.41) is 3.05. The van der Waals surface area contributed by atoms with E-state index in [2.05, 4.69) is 5.32 Å². The number of fused-ring (bicyclic) bond motifs is 1. The maximum absolute atomic E-state index is 12.6. The van der Waals surface area contributed by atoms with E-state index in [1.165, 1.54) is 43.4 Å². The third-order valence-electron chi connectivity index (χ3n) is 6.43. The molecule has 2 heterocycles. The number of carbonyl (C=O) groups excluding carboxylic acids is 2. The minimum Gasteiger partial charge on any atom is -0.324 e. The van der Waals surface area contributed by atoms with Crippen molar-refractivity contribution in [1.82, 2.24) is 0 Å². The minimum absolute atomic E-state index is 0.108. The van der Waals surface area contributed by atoms with Crippen molar-refractivity contribution in [3.63, 3.8) is 0 Å². The molecule has 1 unspecified atom stereocenters. The first kappa shape index (κ1) is 17.5. The van der Waals surface area contributed by atoms with Crippen LogP contribution < -0.4 is 15.1 Å². The summed E-state index contributed by atoms with van der Waals surface area (Å²) in [6.45, 7) is 2.50. The third kappa shape index (κ3) is 3.78. The summed E-state index contributed by atoms with van der Waals surface area (Å²) in [5.41, 5.74) is 1.75. The lowest BCUT2D eigenvalue weighted by molar-refractivity contribution is -0.928. The van der Waals surface area contributed by atoms with E-state index in [-0.39, 0.29) is 11.8 Å². The molecule has 3 aliphatic rings. The second-order valence-electron chi connectivity index (χ2n) is 8.12. The van der Waals surface area contributed by atoms with E-state index < -0.39 is 0 Å². The SMILES string of the molecule is O=C(C[NH+]1CCC[C@@H]2CCCC[C@@H]21)Nc1ccc(N2CCCC2=O)cc1. The predicted octanol–water partition coefficient (Wildman–Crippen LogP) is 1.99. The summed E-state index contributed by atoms with van der Waals surface area (Å²) >= 11 is 0. The van der Waals surface area contributed by atoms with E-state index in [0.717, 1.165) is 36.8 Å². The van der Waals surface area contributed by atoms with Gasteiger partial charge in [0.15, 0.2) is 6.54 Å². The van der Waals surface area contributed by atoms with E-state index in [9.17, 15) is 9.59 Å². The van der Waals surface area contributed by atoms with Gasteiger partial charge in [-0.15, -0.1) is 0 Å². The zero-order valence-electron chi connectivity index (χ0n) is 15.5. The maximum Gasteiger partial charge on any atom is 0.279 e. The average Bonchev–Trinajstić information content (AvgIpc) is 3.09. The Balaban J connectivity index is 1.33. The number of piperidine rings is 1. The monoisotopic (exact) mass is 356 g/mol. The van der Waals surface area contributed by atoms with Gasteiger partial charge in [0, 0.05) is 30.3 Å². The summed E-state index contributed by atoms with van der Waals surface area (Å²) in [7, 11) is 0. The first-order valence-electron chi connectivity index (χ1n) is 10.3. The molecule has 1 saturated carbocycles. The second kappa shape index (κ2) is 7.78. The van der Waals surface area contributed by atoms with Crippen LogP contribution in [-0.2, 0) is 9.59 Å². The molecule has 26 heavy (non-hydrogen) atoms. The zero-order chi connectivity index (χ0) is 17.9. The highest BCUT2D eigenvalue weighted by Gasteiger charge is 2.37. The first-order chi connectivity index (χ1) is 12.7. The van der Waals surface area contributed by atoms with E-state index in [4.69, 9.17) is 0 Å². The lowest BCUT2D eigenvalue weighted by atomic mass is 9.78. The van der Waals surface area contributed by atoms with Gasteiger partial charge in [-0.3, -0.25) is 9.59 Å². The average molecular weight is 356 g/mol. The number of nitrogens with one attached hydrogen (secondary N) is 2. The van der Waals surface area contributed by atoms with Gasteiger partial charge in [0.25, 0.3) is 5.91 Å². The van der Waals surface area contributed by atoms with Gasteiger partial charge in [-0.05, 0) is 62.8 Å². The molecule has 0 aromatic heterocycles. The van der Waals surface area contributed by atoms with Crippen LogP contribution in [0.2, 0.25) is 0 Å². The molecular formula is C21H30N3O2+. The molecule has 5 nitrogen and oxygen atoms in total. The van der Waals surface area contributed by atoms with Crippen molar-refractivity contribution in [1.29, 1.82) is 0 Å². The zero-order valence-corrected chi connectivity index (χ0v) is 15.5. The van der Waals surface area contributed by atoms with Crippen LogP contribution in [0.3, 0.4) is 0 Å². The van der Waals surface area contributed by atoms with Gasteiger partial charge in [-0.25, -0.2) is 0 Å². The summed E-state index contributed by atoms with van der Waals surface area (Å²) in [5.74, 6) is 1.13. The van der Waals surface area contributed by atoms with Crippen LogP contribution in [0.5, 0.6) is 0 Å². The third-order valence-corrected chi connectivity index (χ3v) is 6.43. The Bertz CT molecular complexity index is 656. The van der Waals surface area contributed by atoms with E-state index in [1.54, 1.807) is 0 Å².